The van der Waals surface area contributed by atoms with Crippen LogP contribution < -0.4 is 10.1 Å². The van der Waals surface area contributed by atoms with Gasteiger partial charge in [-0.05, 0) is 30.4 Å². The van der Waals surface area contributed by atoms with Crippen LogP contribution in [-0.2, 0) is 6.54 Å². The van der Waals surface area contributed by atoms with E-state index in [1.807, 2.05) is 19.9 Å². The van der Waals surface area contributed by atoms with E-state index in [4.69, 9.17) is 4.74 Å². The Kier molecular flexibility index (Phi) is 4.95. The zero-order valence-electron chi connectivity index (χ0n) is 12.1. The third-order valence-electron chi connectivity index (χ3n) is 3.63. The molecule has 5 nitrogen and oxygen atoms in total. The lowest BCUT2D eigenvalue weighted by atomic mass is 9.86. The van der Waals surface area contributed by atoms with Crippen LogP contribution in [0.1, 0.15) is 38.7 Å². The first-order valence-corrected chi connectivity index (χ1v) is 7.19. The lowest BCUT2D eigenvalue weighted by Gasteiger charge is -2.25. The smallest absolute Gasteiger partial charge is 0.311 e. The number of hydrogen-bond acceptors (Lipinski definition) is 4. The number of nitro groups is 1. The molecule has 1 N–H and O–H groups in total. The molecule has 1 saturated carbocycles. The molecule has 5 heteroatoms. The van der Waals surface area contributed by atoms with E-state index >= 15 is 0 Å². The maximum Gasteiger partial charge on any atom is 0.311 e. The zero-order chi connectivity index (χ0) is 14.5. The fourth-order valence-corrected chi connectivity index (χ4v) is 2.13. The Bertz CT molecular complexity index is 470. The number of nitrogens with zero attached hydrogens (tertiary/aromatic N) is 1. The summed E-state index contributed by atoms with van der Waals surface area (Å²) >= 11 is 0. The second-order valence-corrected chi connectivity index (χ2v) is 5.70. The van der Waals surface area contributed by atoms with Crippen molar-refractivity contribution in [3.63, 3.8) is 0 Å². The van der Waals surface area contributed by atoms with E-state index in [9.17, 15) is 10.1 Å². The highest BCUT2D eigenvalue weighted by molar-refractivity contribution is 5.48. The molecule has 110 valence electrons. The molecule has 1 fully saturated rings. The highest BCUT2D eigenvalue weighted by Crippen LogP contribution is 2.31. The van der Waals surface area contributed by atoms with E-state index in [2.05, 4.69) is 5.32 Å². The van der Waals surface area contributed by atoms with E-state index in [1.54, 1.807) is 12.1 Å². The van der Waals surface area contributed by atoms with Crippen LogP contribution in [0.4, 0.5) is 5.69 Å². The molecule has 0 saturated heterocycles. The first-order valence-electron chi connectivity index (χ1n) is 7.19. The molecule has 2 rings (SSSR count). The van der Waals surface area contributed by atoms with Crippen LogP contribution in [0.25, 0.3) is 0 Å². The van der Waals surface area contributed by atoms with Crippen LogP contribution in [0.2, 0.25) is 0 Å². The minimum absolute atomic E-state index is 0.0624. The Morgan fingerprint density at radius 1 is 1.45 bits per heavy atom. The average Bonchev–Trinajstić information content (AvgIpc) is 2.35. The summed E-state index contributed by atoms with van der Waals surface area (Å²) < 4.78 is 5.62. The monoisotopic (exact) mass is 278 g/mol. The topological polar surface area (TPSA) is 64.4 Å². The molecule has 0 heterocycles. The van der Waals surface area contributed by atoms with Crippen molar-refractivity contribution in [1.82, 2.24) is 5.32 Å². The summed E-state index contributed by atoms with van der Waals surface area (Å²) in [6, 6.07) is 5.56. The van der Waals surface area contributed by atoms with Gasteiger partial charge in [0.15, 0.2) is 5.75 Å². The molecular formula is C15H22N2O3. The summed E-state index contributed by atoms with van der Waals surface area (Å²) in [4.78, 5) is 10.8. The molecule has 0 aromatic heterocycles. The molecule has 0 atom stereocenters. The SMILES string of the molecule is CC(C)NCc1ccc(OCC2CCC2)c([N+](=O)[O-])c1. The van der Waals surface area contributed by atoms with Gasteiger partial charge in [0.2, 0.25) is 0 Å². The van der Waals surface area contributed by atoms with Gasteiger partial charge < -0.3 is 10.1 Å². The predicted molar refractivity (Wildman–Crippen MR) is 77.9 cm³/mol. The molecule has 0 aliphatic heterocycles. The van der Waals surface area contributed by atoms with Gasteiger partial charge in [-0.1, -0.05) is 26.3 Å². The zero-order valence-corrected chi connectivity index (χ0v) is 12.1. The molecule has 1 aromatic rings. The number of hydrogen-bond donors (Lipinski definition) is 1. The number of nitro benzene ring substituents is 1. The predicted octanol–water partition coefficient (Wildman–Crippen LogP) is 3.27. The molecule has 20 heavy (non-hydrogen) atoms. The van der Waals surface area contributed by atoms with Crippen molar-refractivity contribution in [1.29, 1.82) is 0 Å². The third-order valence-corrected chi connectivity index (χ3v) is 3.63. The van der Waals surface area contributed by atoms with Gasteiger partial charge in [0.05, 0.1) is 11.5 Å². The number of rotatable bonds is 7. The maximum atomic E-state index is 11.1. The van der Waals surface area contributed by atoms with Gasteiger partial charge in [-0.2, -0.15) is 0 Å². The van der Waals surface area contributed by atoms with Crippen molar-refractivity contribution in [2.24, 2.45) is 5.92 Å². The van der Waals surface area contributed by atoms with Crippen LogP contribution in [-0.4, -0.2) is 17.6 Å². The molecule has 0 bridgehead atoms. The number of benzene rings is 1. The van der Waals surface area contributed by atoms with Crippen molar-refractivity contribution >= 4 is 5.69 Å². The Morgan fingerprint density at radius 3 is 2.75 bits per heavy atom. The Hall–Kier alpha value is -1.62. The van der Waals surface area contributed by atoms with Crippen molar-refractivity contribution < 1.29 is 9.66 Å². The number of ether oxygens (including phenoxy) is 1. The summed E-state index contributed by atoms with van der Waals surface area (Å²) in [5.41, 5.74) is 0.966. The third kappa shape index (κ3) is 3.93. The van der Waals surface area contributed by atoms with Gasteiger partial charge in [-0.3, -0.25) is 10.1 Å². The van der Waals surface area contributed by atoms with Gasteiger partial charge in [0.1, 0.15) is 0 Å². The molecule has 0 unspecified atom stereocenters. The van der Waals surface area contributed by atoms with Crippen LogP contribution >= 0.6 is 0 Å². The molecule has 1 aliphatic rings. The minimum atomic E-state index is -0.366. The lowest BCUT2D eigenvalue weighted by molar-refractivity contribution is -0.386. The standard InChI is InChI=1S/C15H22N2O3/c1-11(2)16-9-13-6-7-15(14(8-13)17(18)19)20-10-12-4-3-5-12/h6-8,11-12,16H,3-5,9-10H2,1-2H3. The van der Waals surface area contributed by atoms with Crippen LogP contribution in [0.3, 0.4) is 0 Å². The minimum Gasteiger partial charge on any atom is -0.487 e. The van der Waals surface area contributed by atoms with E-state index in [1.165, 1.54) is 19.3 Å². The molecule has 1 aromatic carbocycles. The van der Waals surface area contributed by atoms with Gasteiger partial charge in [0, 0.05) is 18.7 Å². The second kappa shape index (κ2) is 6.70. The highest BCUT2D eigenvalue weighted by Gasteiger charge is 2.21. The fraction of sp³-hybridized carbons (Fsp3) is 0.600. The van der Waals surface area contributed by atoms with Crippen molar-refractivity contribution in [2.45, 2.75) is 45.7 Å². The van der Waals surface area contributed by atoms with Crippen LogP contribution in [0.5, 0.6) is 5.75 Å². The van der Waals surface area contributed by atoms with E-state index in [-0.39, 0.29) is 10.6 Å². The van der Waals surface area contributed by atoms with Gasteiger partial charge >= 0.3 is 5.69 Å². The van der Waals surface area contributed by atoms with Gasteiger partial charge in [-0.25, -0.2) is 0 Å². The molecule has 1 aliphatic carbocycles. The average molecular weight is 278 g/mol. The van der Waals surface area contributed by atoms with Crippen LogP contribution in [0, 0.1) is 16.0 Å². The van der Waals surface area contributed by atoms with Crippen LogP contribution in [0.15, 0.2) is 18.2 Å². The number of nitrogens with one attached hydrogen (secondary N) is 1. The molecule has 0 spiro atoms. The largest absolute Gasteiger partial charge is 0.487 e. The van der Waals surface area contributed by atoms with Crippen molar-refractivity contribution in [3.05, 3.63) is 33.9 Å². The molecule has 0 radical (unpaired) electrons. The molecule has 0 amide bonds. The van der Waals surface area contributed by atoms with E-state index in [0.29, 0.717) is 30.9 Å². The Labute approximate surface area is 119 Å². The first-order chi connectivity index (χ1) is 9.56. The van der Waals surface area contributed by atoms with Gasteiger partial charge in [0.25, 0.3) is 0 Å². The lowest BCUT2D eigenvalue weighted by Crippen LogP contribution is -2.22. The summed E-state index contributed by atoms with van der Waals surface area (Å²) in [6.45, 7) is 5.31. The summed E-state index contributed by atoms with van der Waals surface area (Å²) in [5, 5.41) is 14.4. The van der Waals surface area contributed by atoms with Crippen molar-refractivity contribution in [2.75, 3.05) is 6.61 Å². The normalized spacial score (nSPS) is 15.2. The van der Waals surface area contributed by atoms with E-state index < -0.39 is 0 Å². The summed E-state index contributed by atoms with van der Waals surface area (Å²) in [5.74, 6) is 0.951. The fourth-order valence-electron chi connectivity index (χ4n) is 2.13. The second-order valence-electron chi connectivity index (χ2n) is 5.70. The quantitative estimate of drug-likeness (QED) is 0.614. The summed E-state index contributed by atoms with van der Waals surface area (Å²) in [7, 11) is 0. The molecular weight excluding hydrogens is 256 g/mol. The van der Waals surface area contributed by atoms with Gasteiger partial charge in [-0.15, -0.1) is 0 Å². The first kappa shape index (κ1) is 14.8. The Balaban J connectivity index is 2.04. The summed E-state index contributed by atoms with van der Waals surface area (Å²) in [6.07, 6.45) is 3.59. The van der Waals surface area contributed by atoms with Crippen molar-refractivity contribution in [3.8, 4) is 5.75 Å². The Morgan fingerprint density at radius 2 is 2.20 bits per heavy atom. The highest BCUT2D eigenvalue weighted by atomic mass is 16.6. The maximum absolute atomic E-state index is 11.1. The van der Waals surface area contributed by atoms with E-state index in [0.717, 1.165) is 5.56 Å².